The smallest absolute Gasteiger partial charge is 0.268 e. The largest absolute Gasteiger partial charge is 0.306 e. The van der Waals surface area contributed by atoms with E-state index in [1.807, 2.05) is 51.1 Å². The van der Waals surface area contributed by atoms with Gasteiger partial charge >= 0.3 is 10.2 Å². The second-order valence-corrected chi connectivity index (χ2v) is 8.74. The molecule has 0 radical (unpaired) electrons. The van der Waals surface area contributed by atoms with Crippen LogP contribution >= 0.6 is 0 Å². The van der Waals surface area contributed by atoms with Crippen molar-refractivity contribution in [1.29, 1.82) is 0 Å². The Labute approximate surface area is 169 Å². The summed E-state index contributed by atoms with van der Waals surface area (Å²) in [6.07, 6.45) is 1.87. The SMILES string of the molecule is CCCN(CCC)S(=O)(=O)N(CCc1ccc(C)cc1)C(=O)c1ccccc1. The Morgan fingerprint density at radius 2 is 1.43 bits per heavy atom. The van der Waals surface area contributed by atoms with Crippen molar-refractivity contribution in [3.63, 3.8) is 0 Å². The van der Waals surface area contributed by atoms with Crippen molar-refractivity contribution in [3.8, 4) is 0 Å². The van der Waals surface area contributed by atoms with Gasteiger partial charge in [-0.1, -0.05) is 61.9 Å². The number of carbonyl (C=O) groups excluding carboxylic acids is 1. The zero-order chi connectivity index (χ0) is 20.6. The van der Waals surface area contributed by atoms with Crippen molar-refractivity contribution < 1.29 is 13.2 Å². The lowest BCUT2D eigenvalue weighted by Gasteiger charge is -2.30. The van der Waals surface area contributed by atoms with Crippen LogP contribution in [-0.2, 0) is 16.6 Å². The first-order valence-electron chi connectivity index (χ1n) is 9.82. The van der Waals surface area contributed by atoms with Gasteiger partial charge in [0.2, 0.25) is 0 Å². The van der Waals surface area contributed by atoms with Crippen molar-refractivity contribution in [2.45, 2.75) is 40.0 Å². The lowest BCUT2D eigenvalue weighted by Crippen LogP contribution is -2.48. The molecule has 2 rings (SSSR count). The van der Waals surface area contributed by atoms with Crippen LogP contribution in [0.25, 0.3) is 0 Å². The Balaban J connectivity index is 2.33. The molecule has 0 atom stereocenters. The van der Waals surface area contributed by atoms with Crippen LogP contribution in [0.4, 0.5) is 0 Å². The molecule has 0 aliphatic carbocycles. The molecule has 0 aliphatic heterocycles. The van der Waals surface area contributed by atoms with Gasteiger partial charge in [0.25, 0.3) is 5.91 Å². The topological polar surface area (TPSA) is 57.7 Å². The standard InChI is InChI=1S/C22H30N2O3S/c1-4-16-23(17-5-2)28(26,27)24(22(25)21-9-7-6-8-10-21)18-15-20-13-11-19(3)12-14-20/h6-14H,4-5,15-18H2,1-3H3. The van der Waals surface area contributed by atoms with Crippen molar-refractivity contribution >= 4 is 16.1 Å². The third kappa shape index (κ3) is 5.66. The molecule has 152 valence electrons. The van der Waals surface area contributed by atoms with Gasteiger partial charge in [0.15, 0.2) is 0 Å². The van der Waals surface area contributed by atoms with E-state index >= 15 is 0 Å². The first-order chi connectivity index (χ1) is 13.4. The summed E-state index contributed by atoms with van der Waals surface area (Å²) in [4.78, 5) is 13.1. The molecule has 0 saturated carbocycles. The molecule has 0 saturated heterocycles. The van der Waals surface area contributed by atoms with E-state index in [0.717, 1.165) is 15.4 Å². The van der Waals surface area contributed by atoms with Gasteiger partial charge in [-0.05, 0) is 43.9 Å². The summed E-state index contributed by atoms with van der Waals surface area (Å²) in [6.45, 7) is 6.80. The Bertz CT molecular complexity index is 843. The molecule has 2 aromatic rings. The highest BCUT2D eigenvalue weighted by molar-refractivity contribution is 7.87. The lowest BCUT2D eigenvalue weighted by atomic mass is 10.1. The van der Waals surface area contributed by atoms with Gasteiger partial charge in [-0.15, -0.1) is 0 Å². The molecule has 0 N–H and O–H groups in total. The fraction of sp³-hybridized carbons (Fsp3) is 0.409. The summed E-state index contributed by atoms with van der Waals surface area (Å²) in [5, 5.41) is 0. The minimum Gasteiger partial charge on any atom is -0.268 e. The van der Waals surface area contributed by atoms with Crippen LogP contribution in [0.15, 0.2) is 54.6 Å². The molecule has 0 fully saturated rings. The average Bonchev–Trinajstić information content (AvgIpc) is 2.69. The van der Waals surface area contributed by atoms with Gasteiger partial charge in [-0.25, -0.2) is 4.31 Å². The Morgan fingerprint density at radius 1 is 0.857 bits per heavy atom. The first kappa shape index (κ1) is 22.1. The molecule has 0 aliphatic rings. The fourth-order valence-corrected chi connectivity index (χ4v) is 4.75. The third-order valence-corrected chi connectivity index (χ3v) is 6.45. The summed E-state index contributed by atoms with van der Waals surface area (Å²) in [5.74, 6) is -0.482. The maximum Gasteiger partial charge on any atom is 0.306 e. The average molecular weight is 403 g/mol. The molecule has 1 amide bonds. The van der Waals surface area contributed by atoms with E-state index in [9.17, 15) is 13.2 Å². The number of nitrogens with zero attached hydrogens (tertiary/aromatic N) is 2. The van der Waals surface area contributed by atoms with E-state index < -0.39 is 16.1 Å². The van der Waals surface area contributed by atoms with Crippen LogP contribution in [0.5, 0.6) is 0 Å². The molecule has 0 aromatic heterocycles. The number of rotatable bonds is 10. The molecular weight excluding hydrogens is 372 g/mol. The Morgan fingerprint density at radius 3 is 1.96 bits per heavy atom. The minimum absolute atomic E-state index is 0.114. The predicted molar refractivity (Wildman–Crippen MR) is 113 cm³/mol. The highest BCUT2D eigenvalue weighted by Gasteiger charge is 2.33. The molecule has 28 heavy (non-hydrogen) atoms. The maximum atomic E-state index is 13.3. The van der Waals surface area contributed by atoms with E-state index in [2.05, 4.69) is 0 Å². The van der Waals surface area contributed by atoms with Gasteiger partial charge < -0.3 is 0 Å². The minimum atomic E-state index is -3.90. The zero-order valence-electron chi connectivity index (χ0n) is 17.0. The zero-order valence-corrected chi connectivity index (χ0v) is 17.8. The Hall–Kier alpha value is -2.18. The lowest BCUT2D eigenvalue weighted by molar-refractivity contribution is 0.0854. The van der Waals surface area contributed by atoms with Crippen molar-refractivity contribution in [2.24, 2.45) is 0 Å². The fourth-order valence-electron chi connectivity index (χ4n) is 3.01. The summed E-state index contributed by atoms with van der Waals surface area (Å²) < 4.78 is 29.1. The van der Waals surface area contributed by atoms with Gasteiger partial charge in [0.1, 0.15) is 0 Å². The highest BCUT2D eigenvalue weighted by Crippen LogP contribution is 2.16. The molecule has 0 unspecified atom stereocenters. The number of hydrogen-bond acceptors (Lipinski definition) is 3. The number of carbonyl (C=O) groups is 1. The second kappa shape index (κ2) is 10.4. The highest BCUT2D eigenvalue weighted by atomic mass is 32.2. The van der Waals surface area contributed by atoms with Gasteiger partial charge in [-0.3, -0.25) is 4.79 Å². The van der Waals surface area contributed by atoms with Gasteiger partial charge in [0.05, 0.1) is 0 Å². The molecule has 0 heterocycles. The molecule has 0 bridgehead atoms. The molecule has 2 aromatic carbocycles. The molecular formula is C22H30N2O3S. The molecule has 5 nitrogen and oxygen atoms in total. The van der Waals surface area contributed by atoms with Crippen LogP contribution < -0.4 is 0 Å². The maximum absolute atomic E-state index is 13.3. The van der Waals surface area contributed by atoms with Crippen molar-refractivity contribution in [1.82, 2.24) is 8.61 Å². The number of hydrogen-bond donors (Lipinski definition) is 0. The third-order valence-electron chi connectivity index (χ3n) is 4.52. The van der Waals surface area contributed by atoms with Crippen LogP contribution in [0, 0.1) is 6.92 Å². The number of amides is 1. The first-order valence-corrected chi connectivity index (χ1v) is 11.2. The Kier molecular flexibility index (Phi) is 8.20. The van der Waals surface area contributed by atoms with Gasteiger partial charge in [-0.2, -0.15) is 12.7 Å². The molecule has 0 spiro atoms. The monoisotopic (exact) mass is 402 g/mol. The van der Waals surface area contributed by atoms with E-state index in [4.69, 9.17) is 0 Å². The summed E-state index contributed by atoms with van der Waals surface area (Å²) >= 11 is 0. The number of aryl methyl sites for hydroxylation is 1. The summed E-state index contributed by atoms with van der Waals surface area (Å²) in [7, 11) is -3.90. The van der Waals surface area contributed by atoms with Crippen LogP contribution in [0.1, 0.15) is 48.2 Å². The number of benzene rings is 2. The van der Waals surface area contributed by atoms with Crippen molar-refractivity contribution in [3.05, 3.63) is 71.3 Å². The summed E-state index contributed by atoms with van der Waals surface area (Å²) in [6, 6.07) is 16.5. The summed E-state index contributed by atoms with van der Waals surface area (Å²) in [5.41, 5.74) is 2.53. The van der Waals surface area contributed by atoms with E-state index in [1.54, 1.807) is 24.3 Å². The van der Waals surface area contributed by atoms with Gasteiger partial charge in [0, 0.05) is 25.2 Å². The van der Waals surface area contributed by atoms with Crippen molar-refractivity contribution in [2.75, 3.05) is 19.6 Å². The molecule has 6 heteroatoms. The van der Waals surface area contributed by atoms with E-state index in [0.29, 0.717) is 37.9 Å². The quantitative estimate of drug-likeness (QED) is 0.602. The van der Waals surface area contributed by atoms with E-state index in [-0.39, 0.29) is 6.54 Å². The normalized spacial score (nSPS) is 11.6. The van der Waals surface area contributed by atoms with E-state index in [1.165, 1.54) is 4.31 Å². The van der Waals surface area contributed by atoms with Crippen LogP contribution in [0.3, 0.4) is 0 Å². The van der Waals surface area contributed by atoms with Crippen LogP contribution in [0.2, 0.25) is 0 Å². The van der Waals surface area contributed by atoms with Crippen LogP contribution in [-0.4, -0.2) is 42.6 Å². The predicted octanol–water partition coefficient (Wildman–Crippen LogP) is 4.05. The second-order valence-electron chi connectivity index (χ2n) is 6.89.